The first-order chi connectivity index (χ1) is 13.6. The second-order valence-corrected chi connectivity index (χ2v) is 6.49. The van der Waals surface area contributed by atoms with E-state index in [1.54, 1.807) is 32.4 Å². The summed E-state index contributed by atoms with van der Waals surface area (Å²) in [4.78, 5) is 18.7. The zero-order valence-corrected chi connectivity index (χ0v) is 16.3. The fraction of sp³-hybridized carbons (Fsp3) is 0.333. The van der Waals surface area contributed by atoms with Crippen molar-refractivity contribution in [3.8, 4) is 11.5 Å². The van der Waals surface area contributed by atoms with Crippen molar-refractivity contribution >= 4 is 23.2 Å². The number of amides is 1. The molecule has 0 bridgehead atoms. The highest BCUT2D eigenvalue weighted by molar-refractivity contribution is 5.95. The summed E-state index contributed by atoms with van der Waals surface area (Å²) >= 11 is 0. The van der Waals surface area contributed by atoms with Gasteiger partial charge in [-0.15, -0.1) is 0 Å². The summed E-state index contributed by atoms with van der Waals surface area (Å²) < 4.78 is 10.5. The molecule has 1 amide bonds. The number of rotatable bonds is 7. The molecule has 2 aromatic rings. The van der Waals surface area contributed by atoms with Crippen molar-refractivity contribution in [2.45, 2.75) is 19.3 Å². The molecule has 1 aliphatic rings. The van der Waals surface area contributed by atoms with E-state index in [1.165, 1.54) is 5.56 Å². The second kappa shape index (κ2) is 9.12. The van der Waals surface area contributed by atoms with Gasteiger partial charge in [-0.1, -0.05) is 18.2 Å². The quantitative estimate of drug-likeness (QED) is 0.437. The van der Waals surface area contributed by atoms with Crippen LogP contribution < -0.4 is 25.4 Å². The fourth-order valence-electron chi connectivity index (χ4n) is 3.25. The van der Waals surface area contributed by atoms with Gasteiger partial charge in [0.25, 0.3) is 0 Å². The van der Waals surface area contributed by atoms with E-state index in [0.29, 0.717) is 36.6 Å². The Bertz CT molecular complexity index is 866. The van der Waals surface area contributed by atoms with Crippen LogP contribution in [0.2, 0.25) is 0 Å². The van der Waals surface area contributed by atoms with Crippen LogP contribution in [-0.2, 0) is 11.2 Å². The number of carbonyl (C=O) groups is 1. The number of para-hydroxylation sites is 1. The van der Waals surface area contributed by atoms with E-state index in [4.69, 9.17) is 15.2 Å². The average Bonchev–Trinajstić information content (AvgIpc) is 3.15. The van der Waals surface area contributed by atoms with E-state index in [0.717, 1.165) is 18.7 Å². The van der Waals surface area contributed by atoms with E-state index in [2.05, 4.69) is 16.4 Å². The lowest BCUT2D eigenvalue weighted by molar-refractivity contribution is -0.118. The number of hydrogen-bond donors (Lipinski definition) is 2. The smallest absolute Gasteiger partial charge is 0.227 e. The third-order valence-electron chi connectivity index (χ3n) is 4.69. The lowest BCUT2D eigenvalue weighted by Crippen LogP contribution is -2.28. The van der Waals surface area contributed by atoms with Crippen molar-refractivity contribution < 1.29 is 14.3 Å². The molecule has 3 N–H and O–H groups in total. The summed E-state index contributed by atoms with van der Waals surface area (Å²) in [6.07, 6.45) is 1.99. The van der Waals surface area contributed by atoms with Gasteiger partial charge < -0.3 is 25.4 Å². The Labute approximate surface area is 165 Å². The zero-order valence-electron chi connectivity index (χ0n) is 16.3. The number of aliphatic imine (C=N–C) groups is 1. The molecule has 2 aromatic carbocycles. The third kappa shape index (κ3) is 4.54. The van der Waals surface area contributed by atoms with Gasteiger partial charge >= 0.3 is 0 Å². The summed E-state index contributed by atoms with van der Waals surface area (Å²) in [5.41, 5.74) is 8.91. The highest BCUT2D eigenvalue weighted by atomic mass is 16.5. The van der Waals surface area contributed by atoms with Crippen molar-refractivity contribution in [3.05, 3.63) is 48.0 Å². The molecule has 0 fully saturated rings. The molecule has 0 saturated heterocycles. The number of anilines is 2. The van der Waals surface area contributed by atoms with Crippen LogP contribution in [0.3, 0.4) is 0 Å². The highest BCUT2D eigenvalue weighted by Gasteiger charge is 2.23. The van der Waals surface area contributed by atoms with E-state index in [-0.39, 0.29) is 11.9 Å². The number of methoxy groups -OCH3 is 2. The second-order valence-electron chi connectivity index (χ2n) is 6.49. The molecule has 3 rings (SSSR count). The SMILES string of the molecule is COc1ccc(OC)c(NC(N)=NCCCC(=O)N2CCc3ccccc32)c1. The number of carbonyl (C=O) groups excluding carboxylic acids is 1. The van der Waals surface area contributed by atoms with Crippen LogP contribution in [0.5, 0.6) is 11.5 Å². The Morgan fingerprint density at radius 3 is 2.82 bits per heavy atom. The van der Waals surface area contributed by atoms with E-state index >= 15 is 0 Å². The van der Waals surface area contributed by atoms with Gasteiger partial charge in [-0.3, -0.25) is 9.79 Å². The third-order valence-corrected chi connectivity index (χ3v) is 4.69. The first kappa shape index (κ1) is 19.5. The van der Waals surface area contributed by atoms with Gasteiger partial charge in [0.2, 0.25) is 5.91 Å². The van der Waals surface area contributed by atoms with Crippen LogP contribution in [0.1, 0.15) is 18.4 Å². The number of nitrogens with zero attached hydrogens (tertiary/aromatic N) is 2. The number of fused-ring (bicyclic) bond motifs is 1. The first-order valence-corrected chi connectivity index (χ1v) is 9.29. The number of ether oxygens (including phenoxy) is 2. The van der Waals surface area contributed by atoms with Crippen molar-refractivity contribution in [2.75, 3.05) is 37.5 Å². The lowest BCUT2D eigenvalue weighted by Gasteiger charge is -2.17. The molecular weight excluding hydrogens is 356 g/mol. The molecule has 7 nitrogen and oxygen atoms in total. The van der Waals surface area contributed by atoms with Crippen LogP contribution in [0.25, 0.3) is 0 Å². The Morgan fingerprint density at radius 1 is 1.21 bits per heavy atom. The van der Waals surface area contributed by atoms with Crippen LogP contribution >= 0.6 is 0 Å². The van der Waals surface area contributed by atoms with Crippen LogP contribution in [0.15, 0.2) is 47.5 Å². The van der Waals surface area contributed by atoms with Crippen LogP contribution in [0, 0.1) is 0 Å². The molecule has 0 aromatic heterocycles. The molecule has 0 unspecified atom stereocenters. The van der Waals surface area contributed by atoms with Gasteiger partial charge in [0.05, 0.1) is 19.9 Å². The topological polar surface area (TPSA) is 89.2 Å². The van der Waals surface area contributed by atoms with E-state index in [1.807, 2.05) is 23.1 Å². The van der Waals surface area contributed by atoms with Gasteiger partial charge in [-0.25, -0.2) is 0 Å². The molecule has 1 aliphatic heterocycles. The predicted octanol–water partition coefficient (Wildman–Crippen LogP) is 2.80. The molecule has 0 atom stereocenters. The fourth-order valence-corrected chi connectivity index (χ4v) is 3.25. The van der Waals surface area contributed by atoms with Gasteiger partial charge in [0.15, 0.2) is 5.96 Å². The maximum absolute atomic E-state index is 12.5. The molecule has 7 heteroatoms. The summed E-state index contributed by atoms with van der Waals surface area (Å²) in [5, 5.41) is 3.02. The van der Waals surface area contributed by atoms with Crippen molar-refractivity contribution in [1.82, 2.24) is 0 Å². The number of benzene rings is 2. The minimum atomic E-state index is 0.126. The molecule has 0 radical (unpaired) electrons. The minimum Gasteiger partial charge on any atom is -0.497 e. The number of guanidine groups is 1. The normalized spacial score (nSPS) is 13.2. The minimum absolute atomic E-state index is 0.126. The standard InChI is InChI=1S/C21H26N4O3/c1-27-16-9-10-19(28-2)17(14-16)24-21(22)23-12-5-8-20(26)25-13-11-15-6-3-4-7-18(15)25/h3-4,6-7,9-10,14H,5,8,11-13H2,1-2H3,(H3,22,23,24). The summed E-state index contributed by atoms with van der Waals surface area (Å²) in [6, 6.07) is 13.4. The molecular formula is C21H26N4O3. The Morgan fingerprint density at radius 2 is 2.04 bits per heavy atom. The van der Waals surface area contributed by atoms with Crippen LogP contribution in [0.4, 0.5) is 11.4 Å². The maximum atomic E-state index is 12.5. The molecule has 0 saturated carbocycles. The van der Waals surface area contributed by atoms with Gasteiger partial charge in [-0.2, -0.15) is 0 Å². The lowest BCUT2D eigenvalue weighted by atomic mass is 10.2. The zero-order chi connectivity index (χ0) is 19.9. The Kier molecular flexibility index (Phi) is 6.37. The molecule has 148 valence electrons. The summed E-state index contributed by atoms with van der Waals surface area (Å²) in [6.45, 7) is 1.22. The first-order valence-electron chi connectivity index (χ1n) is 9.29. The maximum Gasteiger partial charge on any atom is 0.227 e. The monoisotopic (exact) mass is 382 g/mol. The Balaban J connectivity index is 1.51. The van der Waals surface area contributed by atoms with Crippen LogP contribution in [-0.4, -0.2) is 39.2 Å². The van der Waals surface area contributed by atoms with Crippen molar-refractivity contribution in [1.29, 1.82) is 0 Å². The van der Waals surface area contributed by atoms with Gasteiger partial charge in [-0.05, 0) is 36.6 Å². The Hall–Kier alpha value is -3.22. The largest absolute Gasteiger partial charge is 0.497 e. The predicted molar refractivity (Wildman–Crippen MR) is 111 cm³/mol. The summed E-state index contributed by atoms with van der Waals surface area (Å²) in [7, 11) is 3.18. The van der Waals surface area contributed by atoms with Gasteiger partial charge in [0.1, 0.15) is 11.5 Å². The summed E-state index contributed by atoms with van der Waals surface area (Å²) in [5.74, 6) is 1.72. The molecule has 0 aliphatic carbocycles. The number of hydrogen-bond acceptors (Lipinski definition) is 4. The van der Waals surface area contributed by atoms with Gasteiger partial charge in [0, 0.05) is 31.3 Å². The average molecular weight is 382 g/mol. The highest BCUT2D eigenvalue weighted by Crippen LogP contribution is 2.29. The number of nitrogens with two attached hydrogens (primary N) is 1. The van der Waals surface area contributed by atoms with E-state index in [9.17, 15) is 4.79 Å². The molecule has 1 heterocycles. The molecule has 28 heavy (non-hydrogen) atoms. The van der Waals surface area contributed by atoms with Crippen molar-refractivity contribution in [2.24, 2.45) is 10.7 Å². The molecule has 0 spiro atoms. The van der Waals surface area contributed by atoms with Crippen molar-refractivity contribution in [3.63, 3.8) is 0 Å². The van der Waals surface area contributed by atoms with E-state index < -0.39 is 0 Å². The number of nitrogens with one attached hydrogen (secondary N) is 1.